The third kappa shape index (κ3) is 1.84. The van der Waals surface area contributed by atoms with Crippen LogP contribution in [0.2, 0.25) is 0 Å². The molecule has 0 spiro atoms. The lowest BCUT2D eigenvalue weighted by molar-refractivity contribution is 0.498. The largest absolute Gasteiger partial charge is 0.357 e. The van der Waals surface area contributed by atoms with E-state index in [0.717, 1.165) is 36.4 Å². The van der Waals surface area contributed by atoms with Gasteiger partial charge in [-0.05, 0) is 25.0 Å². The SMILES string of the molecule is c1cc(C2CCCN(c3ncnc4cc[nH]c34)C2)[nH]n1. The van der Waals surface area contributed by atoms with Gasteiger partial charge >= 0.3 is 0 Å². The van der Waals surface area contributed by atoms with Gasteiger partial charge in [0.05, 0.1) is 5.52 Å². The molecule has 4 heterocycles. The highest BCUT2D eigenvalue weighted by Gasteiger charge is 2.24. The second-order valence-electron chi connectivity index (χ2n) is 5.23. The quantitative estimate of drug-likeness (QED) is 0.746. The van der Waals surface area contributed by atoms with Crippen molar-refractivity contribution in [1.29, 1.82) is 0 Å². The van der Waals surface area contributed by atoms with E-state index in [1.54, 1.807) is 6.33 Å². The predicted octanol–water partition coefficient (Wildman–Crippen LogP) is 2.06. The first-order valence-electron chi connectivity index (χ1n) is 6.94. The average molecular weight is 268 g/mol. The van der Waals surface area contributed by atoms with Crippen LogP contribution < -0.4 is 4.90 Å². The number of aromatic nitrogens is 5. The molecule has 1 saturated heterocycles. The maximum absolute atomic E-state index is 4.48. The fourth-order valence-corrected chi connectivity index (χ4v) is 3.02. The normalized spacial score (nSPS) is 19.6. The Balaban J connectivity index is 1.66. The van der Waals surface area contributed by atoms with E-state index in [1.807, 2.05) is 18.5 Å². The molecule has 0 amide bonds. The zero-order chi connectivity index (χ0) is 13.4. The molecule has 1 aliphatic rings. The van der Waals surface area contributed by atoms with Gasteiger partial charge in [0, 0.05) is 37.1 Å². The fraction of sp³-hybridized carbons (Fsp3) is 0.357. The van der Waals surface area contributed by atoms with Gasteiger partial charge in [-0.2, -0.15) is 5.10 Å². The summed E-state index contributed by atoms with van der Waals surface area (Å²) in [6.07, 6.45) is 7.74. The number of aromatic amines is 2. The number of anilines is 1. The molecule has 102 valence electrons. The number of H-pyrrole nitrogens is 2. The van der Waals surface area contributed by atoms with Gasteiger partial charge in [0.2, 0.25) is 0 Å². The summed E-state index contributed by atoms with van der Waals surface area (Å²) in [5.74, 6) is 1.50. The highest BCUT2D eigenvalue weighted by Crippen LogP contribution is 2.30. The van der Waals surface area contributed by atoms with E-state index < -0.39 is 0 Å². The molecule has 1 fully saturated rings. The summed E-state index contributed by atoms with van der Waals surface area (Å²) < 4.78 is 0. The molecular formula is C14H16N6. The smallest absolute Gasteiger partial charge is 0.156 e. The number of nitrogens with zero attached hydrogens (tertiary/aromatic N) is 4. The molecule has 2 N–H and O–H groups in total. The lowest BCUT2D eigenvalue weighted by atomic mass is 9.95. The van der Waals surface area contributed by atoms with Crippen LogP contribution >= 0.6 is 0 Å². The van der Waals surface area contributed by atoms with E-state index in [9.17, 15) is 0 Å². The van der Waals surface area contributed by atoms with Crippen molar-refractivity contribution >= 4 is 16.9 Å². The van der Waals surface area contributed by atoms with Gasteiger partial charge in [-0.15, -0.1) is 0 Å². The number of hydrogen-bond donors (Lipinski definition) is 2. The summed E-state index contributed by atoms with van der Waals surface area (Å²) in [6.45, 7) is 2.00. The first kappa shape index (κ1) is 11.5. The van der Waals surface area contributed by atoms with Crippen LogP contribution in [0, 0.1) is 0 Å². The minimum absolute atomic E-state index is 0.492. The van der Waals surface area contributed by atoms with Crippen LogP contribution in [0.1, 0.15) is 24.5 Å². The zero-order valence-corrected chi connectivity index (χ0v) is 11.1. The Morgan fingerprint density at radius 2 is 2.25 bits per heavy atom. The molecule has 0 aromatic carbocycles. The molecule has 3 aromatic heterocycles. The molecule has 1 unspecified atom stereocenters. The number of fused-ring (bicyclic) bond motifs is 1. The van der Waals surface area contributed by atoms with Crippen LogP contribution in [0.15, 0.2) is 30.9 Å². The Kier molecular flexibility index (Phi) is 2.65. The van der Waals surface area contributed by atoms with Gasteiger partial charge in [0.1, 0.15) is 11.8 Å². The predicted molar refractivity (Wildman–Crippen MR) is 76.7 cm³/mol. The van der Waals surface area contributed by atoms with Crippen LogP contribution in [0.5, 0.6) is 0 Å². The van der Waals surface area contributed by atoms with Crippen LogP contribution in [0.4, 0.5) is 5.82 Å². The zero-order valence-electron chi connectivity index (χ0n) is 11.1. The lowest BCUT2D eigenvalue weighted by Gasteiger charge is -2.33. The van der Waals surface area contributed by atoms with Gasteiger partial charge in [-0.3, -0.25) is 5.10 Å². The standard InChI is InChI=1S/C14H16N6/c1-2-10(11-4-6-18-19-11)8-20(7-1)14-13-12(3-5-15-13)16-9-17-14/h3-6,9-10,15H,1-2,7-8H2,(H,18,19). The fourth-order valence-electron chi connectivity index (χ4n) is 3.02. The second kappa shape index (κ2) is 4.63. The van der Waals surface area contributed by atoms with E-state index in [1.165, 1.54) is 12.1 Å². The first-order chi connectivity index (χ1) is 9.92. The summed E-state index contributed by atoms with van der Waals surface area (Å²) in [4.78, 5) is 14.3. The summed E-state index contributed by atoms with van der Waals surface area (Å²) in [5.41, 5.74) is 3.21. The van der Waals surface area contributed by atoms with Crippen molar-refractivity contribution in [3.05, 3.63) is 36.5 Å². The Bertz CT molecular complexity index is 701. The van der Waals surface area contributed by atoms with Crippen molar-refractivity contribution in [3.8, 4) is 0 Å². The number of rotatable bonds is 2. The van der Waals surface area contributed by atoms with E-state index in [0.29, 0.717) is 5.92 Å². The Morgan fingerprint density at radius 3 is 3.15 bits per heavy atom. The molecule has 20 heavy (non-hydrogen) atoms. The highest BCUT2D eigenvalue weighted by atomic mass is 15.2. The Hall–Kier alpha value is -2.37. The summed E-state index contributed by atoms with van der Waals surface area (Å²) in [5, 5.41) is 7.16. The Morgan fingerprint density at radius 1 is 1.25 bits per heavy atom. The first-order valence-corrected chi connectivity index (χ1v) is 6.94. The van der Waals surface area contributed by atoms with Crippen LogP contribution in [-0.4, -0.2) is 38.2 Å². The molecular weight excluding hydrogens is 252 g/mol. The molecule has 0 bridgehead atoms. The maximum Gasteiger partial charge on any atom is 0.156 e. The third-order valence-corrected chi connectivity index (χ3v) is 4.01. The van der Waals surface area contributed by atoms with Gasteiger partial charge in [-0.1, -0.05) is 0 Å². The summed E-state index contributed by atoms with van der Waals surface area (Å²) in [6, 6.07) is 4.05. The van der Waals surface area contributed by atoms with Gasteiger partial charge < -0.3 is 9.88 Å². The van der Waals surface area contributed by atoms with Crippen molar-refractivity contribution in [1.82, 2.24) is 25.1 Å². The molecule has 0 saturated carbocycles. The highest BCUT2D eigenvalue weighted by molar-refractivity contribution is 5.85. The molecule has 0 radical (unpaired) electrons. The molecule has 6 nitrogen and oxygen atoms in total. The van der Waals surface area contributed by atoms with Gasteiger partial charge in [0.15, 0.2) is 5.82 Å². The average Bonchev–Trinajstić information content (AvgIpc) is 3.18. The van der Waals surface area contributed by atoms with E-state index in [2.05, 4.69) is 36.1 Å². The van der Waals surface area contributed by atoms with Crippen molar-refractivity contribution < 1.29 is 0 Å². The van der Waals surface area contributed by atoms with Crippen LogP contribution in [0.25, 0.3) is 11.0 Å². The number of nitrogens with one attached hydrogen (secondary N) is 2. The monoisotopic (exact) mass is 268 g/mol. The van der Waals surface area contributed by atoms with Crippen LogP contribution in [0.3, 0.4) is 0 Å². The third-order valence-electron chi connectivity index (χ3n) is 4.01. The van der Waals surface area contributed by atoms with Gasteiger partial charge in [-0.25, -0.2) is 9.97 Å². The second-order valence-corrected chi connectivity index (χ2v) is 5.23. The van der Waals surface area contributed by atoms with Crippen LogP contribution in [-0.2, 0) is 0 Å². The minimum Gasteiger partial charge on any atom is -0.357 e. The minimum atomic E-state index is 0.492. The molecule has 3 aromatic rings. The summed E-state index contributed by atoms with van der Waals surface area (Å²) in [7, 11) is 0. The van der Waals surface area contributed by atoms with E-state index >= 15 is 0 Å². The van der Waals surface area contributed by atoms with Crippen molar-refractivity contribution in [2.75, 3.05) is 18.0 Å². The molecule has 6 heteroatoms. The summed E-state index contributed by atoms with van der Waals surface area (Å²) >= 11 is 0. The molecule has 1 atom stereocenters. The molecule has 4 rings (SSSR count). The van der Waals surface area contributed by atoms with Crippen molar-refractivity contribution in [3.63, 3.8) is 0 Å². The number of hydrogen-bond acceptors (Lipinski definition) is 4. The lowest BCUT2D eigenvalue weighted by Crippen LogP contribution is -2.35. The number of piperidine rings is 1. The van der Waals surface area contributed by atoms with E-state index in [-0.39, 0.29) is 0 Å². The maximum atomic E-state index is 4.48. The Labute approximate surface area is 116 Å². The molecule has 1 aliphatic heterocycles. The van der Waals surface area contributed by atoms with Gasteiger partial charge in [0.25, 0.3) is 0 Å². The van der Waals surface area contributed by atoms with Crippen molar-refractivity contribution in [2.45, 2.75) is 18.8 Å². The van der Waals surface area contributed by atoms with E-state index in [4.69, 9.17) is 0 Å². The topological polar surface area (TPSA) is 73.5 Å². The molecule has 0 aliphatic carbocycles. The van der Waals surface area contributed by atoms with Crippen molar-refractivity contribution in [2.24, 2.45) is 0 Å².